The van der Waals surface area contributed by atoms with Crippen molar-refractivity contribution in [3.05, 3.63) is 0 Å². The summed E-state index contributed by atoms with van der Waals surface area (Å²) in [4.78, 5) is 25.0. The fourth-order valence-electron chi connectivity index (χ4n) is 2.03. The largest absolute Gasteiger partial charge is 0.469 e. The molecule has 8 nitrogen and oxygen atoms in total. The maximum atomic E-state index is 11.8. The Morgan fingerprint density at radius 2 is 2.25 bits per heavy atom. The third-order valence-electron chi connectivity index (χ3n) is 3.02. The first-order valence-electron chi connectivity index (χ1n) is 6.36. The number of amides is 1. The van der Waals surface area contributed by atoms with Gasteiger partial charge < -0.3 is 10.1 Å². The summed E-state index contributed by atoms with van der Waals surface area (Å²) in [6, 6.07) is -0.547. The van der Waals surface area contributed by atoms with E-state index in [4.69, 9.17) is 0 Å². The Labute approximate surface area is 118 Å². The molecule has 0 aliphatic carbocycles. The van der Waals surface area contributed by atoms with Crippen molar-refractivity contribution < 1.29 is 22.7 Å². The number of methoxy groups -OCH3 is 1. The first kappa shape index (κ1) is 16.9. The Balaban J connectivity index is 2.47. The lowest BCUT2D eigenvalue weighted by atomic mass is 10.1. The van der Waals surface area contributed by atoms with E-state index in [0.29, 0.717) is 32.6 Å². The molecule has 116 valence electrons. The second-order valence-electron chi connectivity index (χ2n) is 4.64. The fraction of sp³-hybridized carbons (Fsp3) is 0.818. The lowest BCUT2D eigenvalue weighted by Gasteiger charge is -2.34. The Morgan fingerprint density at radius 1 is 1.55 bits per heavy atom. The van der Waals surface area contributed by atoms with Gasteiger partial charge in [-0.05, 0) is 6.42 Å². The second kappa shape index (κ2) is 7.55. The molecule has 1 fully saturated rings. The van der Waals surface area contributed by atoms with E-state index in [0.717, 1.165) is 6.26 Å². The molecule has 0 spiro atoms. The monoisotopic (exact) mass is 307 g/mol. The molecule has 2 N–H and O–H groups in total. The summed E-state index contributed by atoms with van der Waals surface area (Å²) in [7, 11) is -1.92. The van der Waals surface area contributed by atoms with Gasteiger partial charge in [0, 0.05) is 26.2 Å². The van der Waals surface area contributed by atoms with Crippen molar-refractivity contribution in [1.82, 2.24) is 14.9 Å². The number of carbonyl (C=O) groups is 2. The van der Waals surface area contributed by atoms with Crippen molar-refractivity contribution in [2.75, 3.05) is 39.5 Å². The molecule has 1 saturated heterocycles. The molecule has 1 heterocycles. The van der Waals surface area contributed by atoms with E-state index < -0.39 is 22.0 Å². The molecule has 0 radical (unpaired) electrons. The summed E-state index contributed by atoms with van der Waals surface area (Å²) >= 11 is 0. The van der Waals surface area contributed by atoms with Crippen molar-refractivity contribution in [2.24, 2.45) is 0 Å². The van der Waals surface area contributed by atoms with Gasteiger partial charge in [0.05, 0.1) is 25.8 Å². The SMILES string of the molecule is COC(=O)CC1C(=O)NCCN1CCCNS(C)(=O)=O. The molecule has 0 aromatic rings. The van der Waals surface area contributed by atoms with Crippen LogP contribution >= 0.6 is 0 Å². The first-order chi connectivity index (χ1) is 9.33. The van der Waals surface area contributed by atoms with Crippen LogP contribution in [-0.2, 0) is 24.3 Å². The quantitative estimate of drug-likeness (QED) is 0.429. The number of sulfonamides is 1. The summed E-state index contributed by atoms with van der Waals surface area (Å²) in [5, 5.41) is 2.71. The number of esters is 1. The van der Waals surface area contributed by atoms with Crippen molar-refractivity contribution in [1.29, 1.82) is 0 Å². The molecule has 1 rings (SSSR count). The van der Waals surface area contributed by atoms with Crippen molar-refractivity contribution >= 4 is 21.9 Å². The zero-order valence-corrected chi connectivity index (χ0v) is 12.5. The van der Waals surface area contributed by atoms with Crippen LogP contribution in [0.1, 0.15) is 12.8 Å². The molecule has 1 atom stereocenters. The summed E-state index contributed by atoms with van der Waals surface area (Å²) in [6.45, 7) is 2.00. The average molecular weight is 307 g/mol. The predicted molar refractivity (Wildman–Crippen MR) is 72.5 cm³/mol. The summed E-state index contributed by atoms with van der Waals surface area (Å²) < 4.78 is 28.8. The maximum Gasteiger partial charge on any atom is 0.307 e. The average Bonchev–Trinajstić information content (AvgIpc) is 2.36. The second-order valence-corrected chi connectivity index (χ2v) is 6.48. The number of ether oxygens (including phenoxy) is 1. The van der Waals surface area contributed by atoms with Crippen molar-refractivity contribution in [3.8, 4) is 0 Å². The van der Waals surface area contributed by atoms with Gasteiger partial charge in [0.2, 0.25) is 15.9 Å². The number of piperazine rings is 1. The number of hydrogen-bond acceptors (Lipinski definition) is 6. The molecule has 0 saturated carbocycles. The normalized spacial score (nSPS) is 20.5. The molecule has 1 aliphatic rings. The zero-order chi connectivity index (χ0) is 15.2. The summed E-state index contributed by atoms with van der Waals surface area (Å²) in [6.07, 6.45) is 1.67. The minimum atomic E-state index is -3.20. The van der Waals surface area contributed by atoms with Crippen LogP contribution in [0.15, 0.2) is 0 Å². The van der Waals surface area contributed by atoms with Crippen LogP contribution in [0.5, 0.6) is 0 Å². The lowest BCUT2D eigenvalue weighted by Crippen LogP contribution is -2.56. The molecular weight excluding hydrogens is 286 g/mol. The van der Waals surface area contributed by atoms with Gasteiger partial charge in [-0.3, -0.25) is 14.5 Å². The molecule has 20 heavy (non-hydrogen) atoms. The molecule has 1 aliphatic heterocycles. The highest BCUT2D eigenvalue weighted by molar-refractivity contribution is 7.88. The van der Waals surface area contributed by atoms with Crippen LogP contribution in [0.2, 0.25) is 0 Å². The van der Waals surface area contributed by atoms with Crippen LogP contribution < -0.4 is 10.0 Å². The molecule has 0 aromatic heterocycles. The van der Waals surface area contributed by atoms with Gasteiger partial charge in [-0.2, -0.15) is 0 Å². The standard InChI is InChI=1S/C11H21N3O5S/c1-19-10(15)8-9-11(16)12-5-7-14(9)6-3-4-13-20(2,17)18/h9,13H,3-8H2,1-2H3,(H,12,16). The summed E-state index contributed by atoms with van der Waals surface area (Å²) in [5.41, 5.74) is 0. The molecule has 9 heteroatoms. The fourth-order valence-corrected chi connectivity index (χ4v) is 2.55. The van der Waals surface area contributed by atoms with Crippen LogP contribution in [0.25, 0.3) is 0 Å². The Bertz CT molecular complexity index is 451. The zero-order valence-electron chi connectivity index (χ0n) is 11.7. The molecular formula is C11H21N3O5S. The highest BCUT2D eigenvalue weighted by atomic mass is 32.2. The maximum absolute atomic E-state index is 11.8. The summed E-state index contributed by atoms with van der Waals surface area (Å²) in [5.74, 6) is -0.635. The Hall–Kier alpha value is -1.19. The first-order valence-corrected chi connectivity index (χ1v) is 8.26. The van der Waals surface area contributed by atoms with Crippen LogP contribution in [0.4, 0.5) is 0 Å². The van der Waals surface area contributed by atoms with Gasteiger partial charge in [0.1, 0.15) is 0 Å². The smallest absolute Gasteiger partial charge is 0.307 e. The minimum Gasteiger partial charge on any atom is -0.469 e. The number of nitrogens with zero attached hydrogens (tertiary/aromatic N) is 1. The van der Waals surface area contributed by atoms with Gasteiger partial charge in [-0.1, -0.05) is 0 Å². The molecule has 0 aromatic carbocycles. The van der Waals surface area contributed by atoms with Crippen molar-refractivity contribution in [2.45, 2.75) is 18.9 Å². The third kappa shape index (κ3) is 5.85. The van der Waals surface area contributed by atoms with E-state index in [2.05, 4.69) is 14.8 Å². The van der Waals surface area contributed by atoms with Gasteiger partial charge in [-0.15, -0.1) is 0 Å². The molecule has 0 bridgehead atoms. The van der Waals surface area contributed by atoms with E-state index >= 15 is 0 Å². The van der Waals surface area contributed by atoms with E-state index in [1.54, 1.807) is 0 Å². The van der Waals surface area contributed by atoms with Crippen LogP contribution in [0, 0.1) is 0 Å². The number of rotatable bonds is 7. The molecule has 1 unspecified atom stereocenters. The Morgan fingerprint density at radius 3 is 2.85 bits per heavy atom. The van der Waals surface area contributed by atoms with Crippen molar-refractivity contribution in [3.63, 3.8) is 0 Å². The van der Waals surface area contributed by atoms with E-state index in [9.17, 15) is 18.0 Å². The Kier molecular flexibility index (Phi) is 6.37. The predicted octanol–water partition coefficient (Wildman–Crippen LogP) is -1.71. The minimum absolute atomic E-state index is 0.00182. The van der Waals surface area contributed by atoms with E-state index in [1.807, 2.05) is 4.90 Å². The third-order valence-corrected chi connectivity index (χ3v) is 3.74. The lowest BCUT2D eigenvalue weighted by molar-refractivity contribution is -0.145. The van der Waals surface area contributed by atoms with E-state index in [1.165, 1.54) is 7.11 Å². The van der Waals surface area contributed by atoms with Crippen LogP contribution in [0.3, 0.4) is 0 Å². The highest BCUT2D eigenvalue weighted by Gasteiger charge is 2.31. The highest BCUT2D eigenvalue weighted by Crippen LogP contribution is 2.10. The topological polar surface area (TPSA) is 105 Å². The van der Waals surface area contributed by atoms with E-state index in [-0.39, 0.29) is 12.3 Å². The van der Waals surface area contributed by atoms with Gasteiger partial charge in [0.25, 0.3) is 0 Å². The van der Waals surface area contributed by atoms with Gasteiger partial charge in [-0.25, -0.2) is 13.1 Å². The van der Waals surface area contributed by atoms with Gasteiger partial charge in [0.15, 0.2) is 0 Å². The van der Waals surface area contributed by atoms with Gasteiger partial charge >= 0.3 is 5.97 Å². The molecule has 1 amide bonds. The number of nitrogens with one attached hydrogen (secondary N) is 2. The van der Waals surface area contributed by atoms with Crippen LogP contribution in [-0.4, -0.2) is 70.8 Å². The number of hydrogen-bond donors (Lipinski definition) is 2. The number of carbonyl (C=O) groups excluding carboxylic acids is 2.